The van der Waals surface area contributed by atoms with Crippen molar-refractivity contribution in [1.29, 1.82) is 0 Å². The van der Waals surface area contributed by atoms with Crippen molar-refractivity contribution < 1.29 is 4.74 Å². The molecule has 2 aromatic heterocycles. The number of aromatic nitrogens is 2. The van der Waals surface area contributed by atoms with Crippen LogP contribution in [0, 0.1) is 0 Å². The van der Waals surface area contributed by atoms with E-state index < -0.39 is 0 Å². The normalized spacial score (nSPS) is 13.2. The van der Waals surface area contributed by atoms with Crippen LogP contribution in [0.1, 0.15) is 79.0 Å². The number of nitrogens with zero attached hydrogens (tertiary/aromatic N) is 4. The Labute approximate surface area is 384 Å². The van der Waals surface area contributed by atoms with Gasteiger partial charge in [-0.15, -0.1) is 0 Å². The van der Waals surface area contributed by atoms with E-state index in [0.29, 0.717) is 6.67 Å². The van der Waals surface area contributed by atoms with Crippen LogP contribution in [0.25, 0.3) is 49.9 Å². The lowest BCUT2D eigenvalue weighted by Gasteiger charge is -2.26. The molecule has 0 N–H and O–H groups in total. The van der Waals surface area contributed by atoms with Gasteiger partial charge in [-0.25, -0.2) is 4.98 Å². The molecule has 0 saturated heterocycles. The largest absolute Gasteiger partial charge is 0.457 e. The second-order valence-electron chi connectivity index (χ2n) is 20.6. The SMILES string of the molecule is CC(C)(C)c1ccc(-c2cnc(-n3c4ccccc4c4ccc(Oc5cccc(N6CN(c7cccc(C(C)(C)C)c7)c7c(-c8ccccc8)cccc76)c5)cc43)cc2C(C)(C)C)cc1. The first-order valence-corrected chi connectivity index (χ1v) is 22.9. The van der Waals surface area contributed by atoms with E-state index in [0.717, 1.165) is 50.7 Å². The molecule has 1 aliphatic heterocycles. The van der Waals surface area contributed by atoms with Gasteiger partial charge in [0.15, 0.2) is 0 Å². The highest BCUT2D eigenvalue weighted by Crippen LogP contribution is 2.50. The second kappa shape index (κ2) is 15.8. The number of ether oxygens (including phenoxy) is 1. The Morgan fingerprint density at radius 3 is 1.85 bits per heavy atom. The Kier molecular flexibility index (Phi) is 10.2. The molecule has 0 unspecified atom stereocenters. The molecule has 0 amide bonds. The summed E-state index contributed by atoms with van der Waals surface area (Å²) in [6.45, 7) is 21.1. The van der Waals surface area contributed by atoms with Gasteiger partial charge in [-0.1, -0.05) is 165 Å². The maximum atomic E-state index is 6.83. The first-order valence-electron chi connectivity index (χ1n) is 22.9. The smallest absolute Gasteiger partial charge is 0.137 e. The van der Waals surface area contributed by atoms with E-state index in [1.54, 1.807) is 0 Å². The predicted molar refractivity (Wildman–Crippen MR) is 274 cm³/mol. The molecule has 1 aliphatic rings. The maximum absolute atomic E-state index is 6.83. The standard InChI is InChI=1S/C60H58N4O/c1-58(2,3)42-30-28-41(29-31-42)51-38-61-56(37-52(51)60(7,8)9)64-53-26-14-13-24-49(53)50-33-32-47(36-55(50)64)65-46-23-16-22-45(35-46)62-39-63(44-21-15-20-43(34-44)59(4,5)6)57-48(25-17-27-54(57)62)40-18-11-10-12-19-40/h10-38H,39H2,1-9H3. The molecule has 0 aliphatic carbocycles. The summed E-state index contributed by atoms with van der Waals surface area (Å²) in [5.41, 5.74) is 15.3. The van der Waals surface area contributed by atoms with Gasteiger partial charge in [-0.3, -0.25) is 4.57 Å². The molecule has 0 radical (unpaired) electrons. The van der Waals surface area contributed by atoms with Crippen molar-refractivity contribution in [1.82, 2.24) is 9.55 Å². The Hall–Kier alpha value is -7.11. The molecule has 10 rings (SSSR count). The van der Waals surface area contributed by atoms with Crippen LogP contribution in [0.2, 0.25) is 0 Å². The van der Waals surface area contributed by atoms with Crippen molar-refractivity contribution in [2.45, 2.75) is 78.6 Å². The number of hydrogen-bond donors (Lipinski definition) is 0. The summed E-state index contributed by atoms with van der Waals surface area (Å²) in [6.07, 6.45) is 2.07. The highest BCUT2D eigenvalue weighted by Gasteiger charge is 2.32. The monoisotopic (exact) mass is 850 g/mol. The van der Waals surface area contributed by atoms with Crippen LogP contribution in [0.5, 0.6) is 11.5 Å². The molecule has 0 saturated carbocycles. The minimum Gasteiger partial charge on any atom is -0.457 e. The average Bonchev–Trinajstić information content (AvgIpc) is 3.85. The first-order chi connectivity index (χ1) is 31.1. The molecule has 9 aromatic rings. The molecular weight excluding hydrogens is 793 g/mol. The molecule has 65 heavy (non-hydrogen) atoms. The lowest BCUT2D eigenvalue weighted by atomic mass is 9.81. The van der Waals surface area contributed by atoms with Gasteiger partial charge in [-0.05, 0) is 98.7 Å². The first kappa shape index (κ1) is 41.9. The third-order valence-corrected chi connectivity index (χ3v) is 13.0. The molecular formula is C60H58N4O. The lowest BCUT2D eigenvalue weighted by Crippen LogP contribution is -2.24. The Morgan fingerprint density at radius 2 is 1.11 bits per heavy atom. The fourth-order valence-corrected chi connectivity index (χ4v) is 9.42. The highest BCUT2D eigenvalue weighted by molar-refractivity contribution is 6.09. The molecule has 7 aromatic carbocycles. The zero-order valence-electron chi connectivity index (χ0n) is 39.1. The van der Waals surface area contributed by atoms with Gasteiger partial charge in [-0.2, -0.15) is 0 Å². The van der Waals surface area contributed by atoms with Crippen molar-refractivity contribution in [2.75, 3.05) is 16.5 Å². The molecule has 0 atom stereocenters. The summed E-state index contributed by atoms with van der Waals surface area (Å²) in [6, 6.07) is 61.2. The van der Waals surface area contributed by atoms with Gasteiger partial charge < -0.3 is 14.5 Å². The summed E-state index contributed by atoms with van der Waals surface area (Å²) >= 11 is 0. The van der Waals surface area contributed by atoms with Crippen LogP contribution in [0.3, 0.4) is 0 Å². The van der Waals surface area contributed by atoms with Gasteiger partial charge in [0.2, 0.25) is 0 Å². The molecule has 0 spiro atoms. The molecule has 3 heterocycles. The fourth-order valence-electron chi connectivity index (χ4n) is 9.42. The molecule has 5 nitrogen and oxygen atoms in total. The number of rotatable bonds is 7. The van der Waals surface area contributed by atoms with Crippen LogP contribution in [-0.4, -0.2) is 16.2 Å². The van der Waals surface area contributed by atoms with E-state index in [1.165, 1.54) is 50.1 Å². The number of para-hydroxylation sites is 2. The van der Waals surface area contributed by atoms with E-state index in [4.69, 9.17) is 9.72 Å². The number of hydrogen-bond acceptors (Lipinski definition) is 4. The number of fused-ring (bicyclic) bond motifs is 4. The fraction of sp³-hybridized carbons (Fsp3) is 0.217. The topological polar surface area (TPSA) is 33.5 Å². The van der Waals surface area contributed by atoms with Crippen LogP contribution in [0.4, 0.5) is 22.7 Å². The number of pyridine rings is 1. The lowest BCUT2D eigenvalue weighted by molar-refractivity contribution is 0.483. The van der Waals surface area contributed by atoms with Gasteiger partial charge in [0.25, 0.3) is 0 Å². The van der Waals surface area contributed by atoms with Crippen molar-refractivity contribution in [3.8, 4) is 39.6 Å². The van der Waals surface area contributed by atoms with Crippen molar-refractivity contribution in [2.24, 2.45) is 0 Å². The molecule has 324 valence electrons. The summed E-state index contributed by atoms with van der Waals surface area (Å²) < 4.78 is 9.13. The zero-order chi connectivity index (χ0) is 45.3. The minimum absolute atomic E-state index is 0.0239. The third kappa shape index (κ3) is 7.84. The molecule has 0 fully saturated rings. The summed E-state index contributed by atoms with van der Waals surface area (Å²) in [7, 11) is 0. The van der Waals surface area contributed by atoms with E-state index >= 15 is 0 Å². The summed E-state index contributed by atoms with van der Waals surface area (Å²) in [4.78, 5) is 10.1. The quantitative estimate of drug-likeness (QED) is 0.160. The summed E-state index contributed by atoms with van der Waals surface area (Å²) in [5.74, 6) is 2.42. The Morgan fingerprint density at radius 1 is 0.462 bits per heavy atom. The second-order valence-corrected chi connectivity index (χ2v) is 20.6. The third-order valence-electron chi connectivity index (χ3n) is 13.0. The predicted octanol–water partition coefficient (Wildman–Crippen LogP) is 16.4. The number of anilines is 4. The van der Waals surface area contributed by atoms with Gasteiger partial charge in [0.1, 0.15) is 24.0 Å². The van der Waals surface area contributed by atoms with E-state index in [1.807, 2.05) is 0 Å². The van der Waals surface area contributed by atoms with E-state index in [-0.39, 0.29) is 16.2 Å². The van der Waals surface area contributed by atoms with Crippen molar-refractivity contribution >= 4 is 44.6 Å². The highest BCUT2D eigenvalue weighted by atomic mass is 16.5. The summed E-state index contributed by atoms with van der Waals surface area (Å²) in [5, 5.41) is 2.33. The van der Waals surface area contributed by atoms with Crippen LogP contribution >= 0.6 is 0 Å². The van der Waals surface area contributed by atoms with Crippen LogP contribution < -0.4 is 14.5 Å². The maximum Gasteiger partial charge on any atom is 0.137 e. The zero-order valence-corrected chi connectivity index (χ0v) is 39.1. The van der Waals surface area contributed by atoms with Gasteiger partial charge >= 0.3 is 0 Å². The molecule has 0 bridgehead atoms. The van der Waals surface area contributed by atoms with Crippen molar-refractivity contribution in [3.05, 3.63) is 193 Å². The van der Waals surface area contributed by atoms with Gasteiger partial charge in [0, 0.05) is 51.6 Å². The van der Waals surface area contributed by atoms with Gasteiger partial charge in [0.05, 0.1) is 22.4 Å². The van der Waals surface area contributed by atoms with E-state index in [9.17, 15) is 0 Å². The average molecular weight is 851 g/mol. The Balaban J connectivity index is 1.03. The molecule has 5 heteroatoms. The number of benzene rings is 7. The Bertz CT molecular complexity index is 3210. The van der Waals surface area contributed by atoms with Crippen molar-refractivity contribution in [3.63, 3.8) is 0 Å². The minimum atomic E-state index is -0.125. The van der Waals surface area contributed by atoms with Crippen LogP contribution in [0.15, 0.2) is 176 Å². The van der Waals surface area contributed by atoms with Crippen LogP contribution in [-0.2, 0) is 16.2 Å². The van der Waals surface area contributed by atoms with E-state index in [2.05, 4.69) is 253 Å².